The van der Waals surface area contributed by atoms with Gasteiger partial charge in [0, 0.05) is 25.2 Å². The molecule has 0 radical (unpaired) electrons. The molecule has 1 heterocycles. The molecule has 7 nitrogen and oxygen atoms in total. The lowest BCUT2D eigenvalue weighted by atomic mass is 10.1. The second-order valence-electron chi connectivity index (χ2n) is 7.66. The zero-order valence-electron chi connectivity index (χ0n) is 17.5. The third-order valence-corrected chi connectivity index (χ3v) is 6.23. The molecule has 0 aromatic heterocycles. The van der Waals surface area contributed by atoms with Crippen molar-refractivity contribution in [2.75, 3.05) is 28.6 Å². The molecule has 1 fully saturated rings. The first kappa shape index (κ1) is 21.8. The summed E-state index contributed by atoms with van der Waals surface area (Å²) in [6, 6.07) is 13.0. The van der Waals surface area contributed by atoms with Crippen LogP contribution in [0.25, 0.3) is 0 Å². The van der Waals surface area contributed by atoms with Crippen LogP contribution in [0, 0.1) is 13.8 Å². The van der Waals surface area contributed by atoms with Crippen molar-refractivity contribution in [3.05, 3.63) is 59.2 Å². The molecular formula is C22H27N3O4S. The third-order valence-electron chi connectivity index (χ3n) is 5.11. The van der Waals surface area contributed by atoms with Gasteiger partial charge in [0.1, 0.15) is 6.54 Å². The van der Waals surface area contributed by atoms with Gasteiger partial charge in [0.15, 0.2) is 0 Å². The van der Waals surface area contributed by atoms with Crippen LogP contribution in [-0.2, 0) is 26.2 Å². The van der Waals surface area contributed by atoms with E-state index in [-0.39, 0.29) is 19.0 Å². The van der Waals surface area contributed by atoms with Crippen molar-refractivity contribution in [1.29, 1.82) is 0 Å². The van der Waals surface area contributed by atoms with Crippen molar-refractivity contribution >= 4 is 33.2 Å². The van der Waals surface area contributed by atoms with E-state index >= 15 is 0 Å². The van der Waals surface area contributed by atoms with E-state index in [0.29, 0.717) is 18.7 Å². The van der Waals surface area contributed by atoms with Gasteiger partial charge in [-0.1, -0.05) is 24.3 Å². The summed E-state index contributed by atoms with van der Waals surface area (Å²) in [4.78, 5) is 26.2. The van der Waals surface area contributed by atoms with Crippen molar-refractivity contribution in [1.82, 2.24) is 5.32 Å². The number of benzene rings is 2. The quantitative estimate of drug-likeness (QED) is 0.733. The Kier molecular flexibility index (Phi) is 6.45. The van der Waals surface area contributed by atoms with E-state index in [4.69, 9.17) is 0 Å². The monoisotopic (exact) mass is 429 g/mol. The van der Waals surface area contributed by atoms with Crippen LogP contribution in [0.5, 0.6) is 0 Å². The Morgan fingerprint density at radius 2 is 1.93 bits per heavy atom. The maximum absolute atomic E-state index is 12.6. The molecule has 0 aliphatic carbocycles. The van der Waals surface area contributed by atoms with E-state index in [1.807, 2.05) is 50.2 Å². The molecule has 0 bridgehead atoms. The van der Waals surface area contributed by atoms with Crippen LogP contribution in [0.3, 0.4) is 0 Å². The summed E-state index contributed by atoms with van der Waals surface area (Å²) < 4.78 is 25.8. The summed E-state index contributed by atoms with van der Waals surface area (Å²) in [6.07, 6.45) is 2.50. The van der Waals surface area contributed by atoms with Crippen LogP contribution in [0.1, 0.15) is 29.5 Å². The Bertz CT molecular complexity index is 1070. The third kappa shape index (κ3) is 5.18. The maximum atomic E-state index is 12.6. The highest BCUT2D eigenvalue weighted by atomic mass is 32.2. The predicted octanol–water partition coefficient (Wildman–Crippen LogP) is 2.51. The average molecular weight is 430 g/mol. The number of carbonyl (C=O) groups excluding carboxylic acids is 2. The second-order valence-corrected chi connectivity index (χ2v) is 9.56. The minimum absolute atomic E-state index is 0.105. The van der Waals surface area contributed by atoms with Crippen LogP contribution in [0.2, 0.25) is 0 Å². The van der Waals surface area contributed by atoms with E-state index in [1.165, 1.54) is 0 Å². The Labute approximate surface area is 177 Å². The number of nitrogens with zero attached hydrogens (tertiary/aromatic N) is 2. The van der Waals surface area contributed by atoms with Gasteiger partial charge in [-0.2, -0.15) is 0 Å². The molecule has 0 unspecified atom stereocenters. The molecule has 2 aromatic carbocycles. The molecule has 3 rings (SSSR count). The van der Waals surface area contributed by atoms with Gasteiger partial charge < -0.3 is 10.2 Å². The van der Waals surface area contributed by atoms with Crippen LogP contribution < -0.4 is 14.5 Å². The smallest absolute Gasteiger partial charge is 0.241 e. The number of anilines is 2. The van der Waals surface area contributed by atoms with E-state index in [1.54, 1.807) is 11.0 Å². The fourth-order valence-corrected chi connectivity index (χ4v) is 4.42. The van der Waals surface area contributed by atoms with Gasteiger partial charge in [-0.3, -0.25) is 13.9 Å². The topological polar surface area (TPSA) is 86.8 Å². The number of aryl methyl sites for hydroxylation is 2. The molecule has 0 spiro atoms. The Hall–Kier alpha value is -2.87. The maximum Gasteiger partial charge on any atom is 0.241 e. The highest BCUT2D eigenvalue weighted by Gasteiger charge is 2.23. The Morgan fingerprint density at radius 3 is 2.60 bits per heavy atom. The number of hydrogen-bond donors (Lipinski definition) is 1. The van der Waals surface area contributed by atoms with Gasteiger partial charge in [0.2, 0.25) is 21.8 Å². The van der Waals surface area contributed by atoms with Crippen molar-refractivity contribution in [2.45, 2.75) is 33.2 Å². The molecule has 1 saturated heterocycles. The number of amides is 2. The first-order valence-electron chi connectivity index (χ1n) is 9.86. The summed E-state index contributed by atoms with van der Waals surface area (Å²) in [5, 5.41) is 2.79. The number of hydrogen-bond acceptors (Lipinski definition) is 4. The Balaban J connectivity index is 1.69. The van der Waals surface area contributed by atoms with Crippen LogP contribution in [-0.4, -0.2) is 39.6 Å². The van der Waals surface area contributed by atoms with Gasteiger partial charge in [-0.05, 0) is 55.2 Å². The fourth-order valence-electron chi connectivity index (χ4n) is 3.51. The molecular weight excluding hydrogens is 402 g/mol. The van der Waals surface area contributed by atoms with E-state index in [2.05, 4.69) is 5.32 Å². The lowest BCUT2D eigenvalue weighted by Crippen LogP contribution is -2.40. The van der Waals surface area contributed by atoms with Crippen molar-refractivity contribution in [3.8, 4) is 0 Å². The lowest BCUT2D eigenvalue weighted by molar-refractivity contribution is -0.120. The second kappa shape index (κ2) is 8.87. The molecule has 0 saturated carbocycles. The molecule has 30 heavy (non-hydrogen) atoms. The van der Waals surface area contributed by atoms with E-state index in [0.717, 1.165) is 39.4 Å². The summed E-state index contributed by atoms with van der Waals surface area (Å²) in [5.41, 5.74) is 3.86. The molecule has 0 atom stereocenters. The molecule has 1 N–H and O–H groups in total. The predicted molar refractivity (Wildman–Crippen MR) is 118 cm³/mol. The van der Waals surface area contributed by atoms with Gasteiger partial charge >= 0.3 is 0 Å². The highest BCUT2D eigenvalue weighted by molar-refractivity contribution is 7.92. The Morgan fingerprint density at radius 1 is 1.17 bits per heavy atom. The summed E-state index contributed by atoms with van der Waals surface area (Å²) in [5.74, 6) is -0.294. The van der Waals surface area contributed by atoms with Crippen LogP contribution in [0.4, 0.5) is 11.4 Å². The van der Waals surface area contributed by atoms with Crippen molar-refractivity contribution < 1.29 is 18.0 Å². The average Bonchev–Trinajstić information content (AvgIpc) is 3.12. The normalized spacial score (nSPS) is 14.1. The van der Waals surface area contributed by atoms with Crippen molar-refractivity contribution in [3.63, 3.8) is 0 Å². The molecule has 1 aliphatic rings. The zero-order valence-corrected chi connectivity index (χ0v) is 18.3. The number of carbonyl (C=O) groups is 2. The minimum atomic E-state index is -3.63. The minimum Gasteiger partial charge on any atom is -0.350 e. The first-order valence-corrected chi connectivity index (χ1v) is 11.7. The lowest BCUT2D eigenvalue weighted by Gasteiger charge is -2.24. The molecule has 2 aromatic rings. The van der Waals surface area contributed by atoms with Crippen LogP contribution in [0.15, 0.2) is 42.5 Å². The largest absolute Gasteiger partial charge is 0.350 e. The van der Waals surface area contributed by atoms with Gasteiger partial charge in [0.05, 0.1) is 11.9 Å². The molecule has 160 valence electrons. The number of sulfonamides is 1. The first-order chi connectivity index (χ1) is 14.1. The summed E-state index contributed by atoms with van der Waals surface area (Å²) in [6.45, 7) is 4.35. The zero-order chi connectivity index (χ0) is 21.9. The van der Waals surface area contributed by atoms with Gasteiger partial charge in [-0.15, -0.1) is 0 Å². The summed E-state index contributed by atoms with van der Waals surface area (Å²) >= 11 is 0. The molecule has 1 aliphatic heterocycles. The summed E-state index contributed by atoms with van der Waals surface area (Å²) in [7, 11) is -3.63. The number of nitrogens with one attached hydrogen (secondary N) is 1. The molecule has 8 heteroatoms. The standard InChI is InChI=1S/C22H27N3O4S/c1-16-9-10-17(2)20(12-16)25(30(3,28)29)15-21(26)23-14-18-6-4-7-19(13-18)24-11-5-8-22(24)27/h4,6-7,9-10,12-13H,5,8,11,14-15H2,1-3H3,(H,23,26). The van der Waals surface area contributed by atoms with Crippen LogP contribution >= 0.6 is 0 Å². The van der Waals surface area contributed by atoms with E-state index < -0.39 is 15.9 Å². The van der Waals surface area contributed by atoms with E-state index in [9.17, 15) is 18.0 Å². The van der Waals surface area contributed by atoms with Gasteiger partial charge in [-0.25, -0.2) is 8.42 Å². The van der Waals surface area contributed by atoms with Crippen molar-refractivity contribution in [2.24, 2.45) is 0 Å². The SMILES string of the molecule is Cc1ccc(C)c(N(CC(=O)NCc2cccc(N3CCCC3=O)c2)S(C)(=O)=O)c1. The highest BCUT2D eigenvalue weighted by Crippen LogP contribution is 2.24. The van der Waals surface area contributed by atoms with Gasteiger partial charge in [0.25, 0.3) is 0 Å². The molecule has 2 amide bonds. The fraction of sp³-hybridized carbons (Fsp3) is 0.364. The number of rotatable bonds is 7.